The molecule has 2 unspecified atom stereocenters. The van der Waals surface area contributed by atoms with Gasteiger partial charge in [-0.15, -0.1) is 0 Å². The van der Waals surface area contributed by atoms with Gasteiger partial charge in [0.2, 0.25) is 5.91 Å². The summed E-state index contributed by atoms with van der Waals surface area (Å²) < 4.78 is 7.87. The van der Waals surface area contributed by atoms with Gasteiger partial charge in [0.05, 0.1) is 17.3 Å². The fourth-order valence-electron chi connectivity index (χ4n) is 5.10. The number of pyridine rings is 2. The van der Waals surface area contributed by atoms with Crippen molar-refractivity contribution in [1.82, 2.24) is 24.5 Å². The van der Waals surface area contributed by atoms with Crippen molar-refractivity contribution in [3.8, 4) is 6.07 Å². The second kappa shape index (κ2) is 8.12. The smallest absolute Gasteiger partial charge is 0.248 e. The molecular weight excluding hydrogens is 418 g/mol. The van der Waals surface area contributed by atoms with E-state index in [1.165, 1.54) is 6.33 Å². The summed E-state index contributed by atoms with van der Waals surface area (Å²) in [6, 6.07) is 12.0. The lowest BCUT2D eigenvalue weighted by Gasteiger charge is -2.42. The Hall–Kier alpha value is -3.51. The number of hydrogen-bond donors (Lipinski definition) is 0. The number of hydrogen-bond acceptors (Lipinski definition) is 7. The van der Waals surface area contributed by atoms with E-state index in [2.05, 4.69) is 33.0 Å². The average molecular weight is 446 g/mol. The summed E-state index contributed by atoms with van der Waals surface area (Å²) in [5.41, 5.74) is 1.43. The molecule has 0 aromatic carbocycles. The van der Waals surface area contributed by atoms with Gasteiger partial charge in [-0.1, -0.05) is 13.0 Å². The van der Waals surface area contributed by atoms with E-state index in [-0.39, 0.29) is 24.6 Å². The number of ether oxygens (including phenoxy) is 1. The number of aromatic nitrogens is 4. The van der Waals surface area contributed by atoms with Crippen LogP contribution in [-0.4, -0.2) is 62.2 Å². The molecule has 0 N–H and O–H groups in total. The predicted molar refractivity (Wildman–Crippen MR) is 121 cm³/mol. The minimum absolute atomic E-state index is 0.00101. The van der Waals surface area contributed by atoms with E-state index in [0.29, 0.717) is 24.6 Å². The number of fused-ring (bicyclic) bond motifs is 3. The maximum Gasteiger partial charge on any atom is 0.248 e. The first-order chi connectivity index (χ1) is 15.9. The lowest BCUT2D eigenvalue weighted by molar-refractivity contribution is -0.143. The first-order valence-electron chi connectivity index (χ1n) is 11.2. The van der Waals surface area contributed by atoms with Gasteiger partial charge in [0, 0.05) is 25.3 Å². The minimum Gasteiger partial charge on any atom is -0.359 e. The van der Waals surface area contributed by atoms with E-state index in [9.17, 15) is 4.79 Å². The van der Waals surface area contributed by atoms with Crippen LogP contribution in [0.1, 0.15) is 38.4 Å². The quantitative estimate of drug-likeness (QED) is 0.594. The van der Waals surface area contributed by atoms with Gasteiger partial charge in [-0.25, -0.2) is 14.5 Å². The Morgan fingerprint density at radius 3 is 2.82 bits per heavy atom. The second-order valence-electron chi connectivity index (χ2n) is 9.40. The molecule has 0 saturated carbocycles. The summed E-state index contributed by atoms with van der Waals surface area (Å²) in [6.45, 7) is 7.40. The van der Waals surface area contributed by atoms with Crippen LogP contribution in [-0.2, 0) is 15.1 Å². The normalized spacial score (nSPS) is 22.5. The molecule has 0 spiro atoms. The van der Waals surface area contributed by atoms with Gasteiger partial charge in [-0.3, -0.25) is 4.79 Å². The lowest BCUT2D eigenvalue weighted by Crippen LogP contribution is -2.57. The standard InChI is InChI=1S/C24H27N7O2/c1-16-9-18-12-29(13-19(16)30(18)21-8-7-17(10-25)11-26-21)23(32)14-33-24(2,3)20-5-4-6-22-27-15-28-31(20)22/h4-8,11,15-16,18-19H,9,12-14H2,1-3H3/t16-,18?,19?/m0/s1. The van der Waals surface area contributed by atoms with Gasteiger partial charge in [-0.2, -0.15) is 10.4 Å². The van der Waals surface area contributed by atoms with E-state index < -0.39 is 5.60 Å². The third kappa shape index (κ3) is 3.80. The van der Waals surface area contributed by atoms with Crippen LogP contribution < -0.4 is 4.90 Å². The number of carbonyl (C=O) groups excluding carboxylic acids is 1. The molecule has 9 nitrogen and oxygen atoms in total. The van der Waals surface area contributed by atoms with Crippen molar-refractivity contribution in [2.24, 2.45) is 5.92 Å². The van der Waals surface area contributed by atoms with Gasteiger partial charge in [-0.05, 0) is 50.5 Å². The number of piperazine rings is 1. The van der Waals surface area contributed by atoms with E-state index in [0.717, 1.165) is 23.6 Å². The van der Waals surface area contributed by atoms with Crippen LogP contribution in [0.5, 0.6) is 0 Å². The summed E-state index contributed by atoms with van der Waals surface area (Å²) in [7, 11) is 0. The molecule has 2 aliphatic rings. The highest BCUT2D eigenvalue weighted by Gasteiger charge is 2.46. The van der Waals surface area contributed by atoms with Crippen LogP contribution in [0.25, 0.3) is 5.65 Å². The summed E-state index contributed by atoms with van der Waals surface area (Å²) in [6.07, 6.45) is 4.14. The number of anilines is 1. The number of nitrogens with zero attached hydrogens (tertiary/aromatic N) is 7. The Morgan fingerprint density at radius 2 is 2.09 bits per heavy atom. The lowest BCUT2D eigenvalue weighted by atomic mass is 10.0. The van der Waals surface area contributed by atoms with Crippen molar-refractivity contribution in [2.75, 3.05) is 24.6 Å². The van der Waals surface area contributed by atoms with E-state index >= 15 is 0 Å². The molecule has 5 rings (SSSR count). The molecule has 0 aliphatic carbocycles. The largest absolute Gasteiger partial charge is 0.359 e. The van der Waals surface area contributed by atoms with Crippen LogP contribution >= 0.6 is 0 Å². The molecule has 0 radical (unpaired) electrons. The molecule has 33 heavy (non-hydrogen) atoms. The topological polar surface area (TPSA) is 99.7 Å². The van der Waals surface area contributed by atoms with Gasteiger partial charge in [0.15, 0.2) is 5.65 Å². The zero-order valence-corrected chi connectivity index (χ0v) is 19.0. The van der Waals surface area contributed by atoms with Crippen molar-refractivity contribution in [2.45, 2.75) is 44.9 Å². The summed E-state index contributed by atoms with van der Waals surface area (Å²) in [5.74, 6) is 1.32. The van der Waals surface area contributed by atoms with Crippen LogP contribution in [0.2, 0.25) is 0 Å². The van der Waals surface area contributed by atoms with Crippen LogP contribution in [0.15, 0.2) is 42.9 Å². The number of rotatable bonds is 5. The van der Waals surface area contributed by atoms with Crippen molar-refractivity contribution in [3.63, 3.8) is 0 Å². The first kappa shape index (κ1) is 21.3. The van der Waals surface area contributed by atoms with Crippen molar-refractivity contribution < 1.29 is 9.53 Å². The highest BCUT2D eigenvalue weighted by molar-refractivity contribution is 5.78. The third-order valence-electron chi connectivity index (χ3n) is 6.86. The Balaban J connectivity index is 1.27. The Bertz CT molecular complexity index is 1210. The van der Waals surface area contributed by atoms with Crippen molar-refractivity contribution >= 4 is 17.4 Å². The predicted octanol–water partition coefficient (Wildman–Crippen LogP) is 2.37. The number of likely N-dealkylation sites (tertiary alicyclic amines) is 1. The van der Waals surface area contributed by atoms with E-state index in [1.807, 2.05) is 43.0 Å². The van der Waals surface area contributed by atoms with E-state index in [4.69, 9.17) is 10.00 Å². The zero-order valence-electron chi connectivity index (χ0n) is 19.0. The van der Waals surface area contributed by atoms with Crippen LogP contribution in [0.3, 0.4) is 0 Å². The van der Waals surface area contributed by atoms with Crippen molar-refractivity contribution in [1.29, 1.82) is 5.26 Å². The second-order valence-corrected chi connectivity index (χ2v) is 9.40. The fraction of sp³-hybridized carbons (Fsp3) is 0.458. The van der Waals surface area contributed by atoms with Crippen LogP contribution in [0, 0.1) is 17.2 Å². The molecule has 2 bridgehead atoms. The first-order valence-corrected chi connectivity index (χ1v) is 11.2. The summed E-state index contributed by atoms with van der Waals surface area (Å²) in [4.78, 5) is 26.1. The van der Waals surface area contributed by atoms with Gasteiger partial charge >= 0.3 is 0 Å². The molecule has 2 fully saturated rings. The Morgan fingerprint density at radius 1 is 1.24 bits per heavy atom. The molecule has 2 saturated heterocycles. The van der Waals surface area contributed by atoms with Gasteiger partial charge < -0.3 is 14.5 Å². The molecule has 5 heterocycles. The molecule has 9 heteroatoms. The molecule has 2 aliphatic heterocycles. The molecule has 170 valence electrons. The number of amides is 1. The Kier molecular flexibility index (Phi) is 5.25. The highest BCUT2D eigenvalue weighted by atomic mass is 16.5. The zero-order chi connectivity index (χ0) is 23.2. The minimum atomic E-state index is -0.705. The highest BCUT2D eigenvalue weighted by Crippen LogP contribution is 2.37. The number of carbonyl (C=O) groups is 1. The molecule has 3 atom stereocenters. The molecule has 1 amide bonds. The molecule has 3 aromatic heterocycles. The number of nitriles is 1. The SMILES string of the molecule is C[C@H]1CC2CN(C(=O)COC(C)(C)c3cccc4ncnn34)CC1N2c1ccc(C#N)cn1. The summed E-state index contributed by atoms with van der Waals surface area (Å²) in [5, 5.41) is 13.3. The van der Waals surface area contributed by atoms with Crippen molar-refractivity contribution in [3.05, 3.63) is 54.1 Å². The maximum absolute atomic E-state index is 13.1. The Labute approximate surface area is 192 Å². The average Bonchev–Trinajstić information content (AvgIpc) is 3.37. The summed E-state index contributed by atoms with van der Waals surface area (Å²) >= 11 is 0. The molecular formula is C24H27N7O2. The molecule has 3 aromatic rings. The van der Waals surface area contributed by atoms with Gasteiger partial charge in [0.25, 0.3) is 0 Å². The van der Waals surface area contributed by atoms with E-state index in [1.54, 1.807) is 16.8 Å². The fourth-order valence-corrected chi connectivity index (χ4v) is 5.10. The monoisotopic (exact) mass is 445 g/mol. The maximum atomic E-state index is 13.1. The van der Waals surface area contributed by atoms with Gasteiger partial charge in [0.1, 0.15) is 30.4 Å². The van der Waals surface area contributed by atoms with Crippen LogP contribution in [0.4, 0.5) is 5.82 Å². The third-order valence-corrected chi connectivity index (χ3v) is 6.86.